The predicted octanol–water partition coefficient (Wildman–Crippen LogP) is 12.6. The van der Waals surface area contributed by atoms with Gasteiger partial charge in [0.25, 0.3) is 7.82 Å². The molecular formula is C48H86NO8P. The van der Waals surface area contributed by atoms with Crippen LogP contribution in [0.2, 0.25) is 0 Å². The van der Waals surface area contributed by atoms with Crippen LogP contribution in [0.4, 0.5) is 0 Å². The first-order chi connectivity index (χ1) is 28.0. The zero-order valence-electron chi connectivity index (χ0n) is 37.7. The second kappa shape index (κ2) is 40.1. The predicted molar refractivity (Wildman–Crippen MR) is 240 cm³/mol. The number of unbranched alkanes of at least 4 members (excludes halogenated alkanes) is 17. The Morgan fingerprint density at radius 3 is 1.48 bits per heavy atom. The van der Waals surface area contributed by atoms with E-state index in [0.717, 1.165) is 96.3 Å². The number of quaternary nitrogens is 1. The summed E-state index contributed by atoms with van der Waals surface area (Å²) in [5.74, 6) is -0.854. The molecule has 336 valence electrons. The molecule has 0 aromatic heterocycles. The van der Waals surface area contributed by atoms with E-state index in [1.54, 1.807) is 0 Å². The van der Waals surface area contributed by atoms with Gasteiger partial charge in [-0.05, 0) is 70.6 Å². The molecule has 0 aliphatic rings. The summed E-state index contributed by atoms with van der Waals surface area (Å²) in [6.07, 6.45) is 48.2. The maximum absolute atomic E-state index is 12.7. The SMILES string of the molecule is CC/C=C\C/C=C\C/C=C\C/C=C\CCCCCCCCCCCCC(=O)OC(COC(=O)CCCCCCC/C=C\CCCC)COP(=O)([O-])OCC[N+](C)(C)C. The first-order valence-electron chi connectivity index (χ1n) is 23.0. The highest BCUT2D eigenvalue weighted by Gasteiger charge is 2.21. The lowest BCUT2D eigenvalue weighted by atomic mass is 10.0. The van der Waals surface area contributed by atoms with Gasteiger partial charge in [0.05, 0.1) is 27.7 Å². The molecule has 2 unspecified atom stereocenters. The minimum Gasteiger partial charge on any atom is -0.756 e. The highest BCUT2D eigenvalue weighted by atomic mass is 31.2. The number of ether oxygens (including phenoxy) is 2. The first kappa shape index (κ1) is 55.7. The third-order valence-corrected chi connectivity index (χ3v) is 10.5. The molecule has 0 N–H and O–H groups in total. The molecule has 10 heteroatoms. The van der Waals surface area contributed by atoms with Crippen LogP contribution >= 0.6 is 7.82 Å². The van der Waals surface area contributed by atoms with Crippen LogP contribution in [0.15, 0.2) is 60.8 Å². The van der Waals surface area contributed by atoms with Gasteiger partial charge in [0.2, 0.25) is 0 Å². The van der Waals surface area contributed by atoms with Gasteiger partial charge in [0, 0.05) is 12.8 Å². The van der Waals surface area contributed by atoms with Crippen molar-refractivity contribution in [2.24, 2.45) is 0 Å². The van der Waals surface area contributed by atoms with Crippen LogP contribution < -0.4 is 4.89 Å². The number of likely N-dealkylation sites (N-methyl/N-ethyl adjacent to an activating group) is 1. The van der Waals surface area contributed by atoms with Crippen molar-refractivity contribution in [3.8, 4) is 0 Å². The molecule has 0 aliphatic heterocycles. The number of hydrogen-bond acceptors (Lipinski definition) is 8. The van der Waals surface area contributed by atoms with Crippen molar-refractivity contribution < 1.29 is 42.1 Å². The third-order valence-electron chi connectivity index (χ3n) is 9.52. The van der Waals surface area contributed by atoms with Crippen molar-refractivity contribution in [2.45, 2.75) is 187 Å². The van der Waals surface area contributed by atoms with Crippen molar-refractivity contribution in [1.82, 2.24) is 0 Å². The molecule has 9 nitrogen and oxygen atoms in total. The number of carbonyl (C=O) groups excluding carboxylic acids is 2. The largest absolute Gasteiger partial charge is 0.756 e. The second-order valence-electron chi connectivity index (χ2n) is 16.4. The molecule has 0 saturated carbocycles. The summed E-state index contributed by atoms with van der Waals surface area (Å²) in [4.78, 5) is 37.5. The van der Waals surface area contributed by atoms with E-state index in [4.69, 9.17) is 18.5 Å². The summed E-state index contributed by atoms with van der Waals surface area (Å²) >= 11 is 0. The van der Waals surface area contributed by atoms with Gasteiger partial charge in [0.15, 0.2) is 6.10 Å². The molecule has 0 amide bonds. The molecule has 0 saturated heterocycles. The maximum Gasteiger partial charge on any atom is 0.306 e. The number of esters is 2. The fraction of sp³-hybridized carbons (Fsp3) is 0.750. The summed E-state index contributed by atoms with van der Waals surface area (Å²) < 4.78 is 33.9. The summed E-state index contributed by atoms with van der Waals surface area (Å²) in [6, 6.07) is 0. The number of rotatable bonds is 41. The van der Waals surface area contributed by atoms with Crippen molar-refractivity contribution in [3.05, 3.63) is 60.8 Å². The van der Waals surface area contributed by atoms with Gasteiger partial charge in [-0.25, -0.2) is 0 Å². The Morgan fingerprint density at radius 1 is 0.552 bits per heavy atom. The fourth-order valence-corrected chi connectivity index (χ4v) is 6.65. The highest BCUT2D eigenvalue weighted by molar-refractivity contribution is 7.45. The number of phosphoric ester groups is 1. The molecule has 0 bridgehead atoms. The molecule has 58 heavy (non-hydrogen) atoms. The average Bonchev–Trinajstić information content (AvgIpc) is 3.17. The summed E-state index contributed by atoms with van der Waals surface area (Å²) in [6.45, 7) is 4.05. The summed E-state index contributed by atoms with van der Waals surface area (Å²) in [5.41, 5.74) is 0. The van der Waals surface area contributed by atoms with Crippen LogP contribution in [0.25, 0.3) is 0 Å². The number of phosphoric acid groups is 1. The van der Waals surface area contributed by atoms with Gasteiger partial charge in [-0.15, -0.1) is 0 Å². The van der Waals surface area contributed by atoms with Crippen molar-refractivity contribution >= 4 is 19.8 Å². The van der Waals surface area contributed by atoms with Crippen LogP contribution in [0, 0.1) is 0 Å². The monoisotopic (exact) mass is 836 g/mol. The van der Waals surface area contributed by atoms with Crippen LogP contribution in [0.5, 0.6) is 0 Å². The Hall–Kier alpha value is -2.29. The van der Waals surface area contributed by atoms with Crippen LogP contribution in [0.1, 0.15) is 181 Å². The van der Waals surface area contributed by atoms with E-state index >= 15 is 0 Å². The quantitative estimate of drug-likeness (QED) is 0.0197. The van der Waals surface area contributed by atoms with Crippen LogP contribution in [-0.4, -0.2) is 70.0 Å². The van der Waals surface area contributed by atoms with Gasteiger partial charge in [-0.3, -0.25) is 14.2 Å². The molecular weight excluding hydrogens is 750 g/mol. The third kappa shape index (κ3) is 43.3. The lowest BCUT2D eigenvalue weighted by Gasteiger charge is -2.28. The van der Waals surface area contributed by atoms with Crippen molar-refractivity contribution in [3.63, 3.8) is 0 Å². The second-order valence-corrected chi connectivity index (χ2v) is 17.8. The Kier molecular flexibility index (Phi) is 38.5. The highest BCUT2D eigenvalue weighted by Crippen LogP contribution is 2.38. The van der Waals surface area contributed by atoms with Crippen LogP contribution in [-0.2, 0) is 32.7 Å². The van der Waals surface area contributed by atoms with E-state index in [1.165, 1.54) is 51.4 Å². The minimum absolute atomic E-state index is 0.0351. The van der Waals surface area contributed by atoms with E-state index in [2.05, 4.69) is 74.6 Å². The fourth-order valence-electron chi connectivity index (χ4n) is 5.92. The number of allylic oxidation sites excluding steroid dienone is 10. The zero-order valence-corrected chi connectivity index (χ0v) is 38.6. The topological polar surface area (TPSA) is 111 Å². The summed E-state index contributed by atoms with van der Waals surface area (Å²) in [7, 11) is 1.15. The Morgan fingerprint density at radius 2 is 0.983 bits per heavy atom. The van der Waals surface area contributed by atoms with Gasteiger partial charge in [0.1, 0.15) is 19.8 Å². The van der Waals surface area contributed by atoms with E-state index in [0.29, 0.717) is 17.4 Å². The molecule has 0 spiro atoms. The molecule has 0 rings (SSSR count). The number of carbonyl (C=O) groups is 2. The van der Waals surface area contributed by atoms with Crippen molar-refractivity contribution in [1.29, 1.82) is 0 Å². The standard InChI is InChI=1S/C48H86NO8P/c1-6-8-10-12-14-16-18-19-20-21-22-23-24-25-26-27-28-29-31-33-35-37-39-41-48(51)57-46(45-56-58(52,53)55-43-42-49(3,4)5)44-54-47(50)40-38-36-34-32-30-17-15-13-11-9-7-2/h8,10,13-16,19-20,22-23,46H,6-7,9,11-12,17-18,21,24-45H2,1-5H3/b10-8-,15-13-,16-14-,20-19-,23-22-. The van der Waals surface area contributed by atoms with Crippen LogP contribution in [0.3, 0.4) is 0 Å². The molecule has 0 aromatic rings. The number of nitrogens with zero attached hydrogens (tertiary/aromatic N) is 1. The lowest BCUT2D eigenvalue weighted by Crippen LogP contribution is -2.37. The molecule has 0 fully saturated rings. The first-order valence-corrected chi connectivity index (χ1v) is 24.5. The van der Waals surface area contributed by atoms with E-state index in [-0.39, 0.29) is 26.1 Å². The molecule has 0 radical (unpaired) electrons. The number of hydrogen-bond donors (Lipinski definition) is 0. The van der Waals surface area contributed by atoms with Gasteiger partial charge < -0.3 is 27.9 Å². The van der Waals surface area contributed by atoms with Crippen molar-refractivity contribution in [2.75, 3.05) is 47.5 Å². The molecule has 2 atom stereocenters. The van der Waals surface area contributed by atoms with Gasteiger partial charge >= 0.3 is 11.9 Å². The van der Waals surface area contributed by atoms with Gasteiger partial charge in [-0.2, -0.15) is 0 Å². The van der Waals surface area contributed by atoms with Gasteiger partial charge in [-0.1, -0.05) is 158 Å². The Balaban J connectivity index is 4.27. The Labute approximate surface area is 356 Å². The summed E-state index contributed by atoms with van der Waals surface area (Å²) in [5, 5.41) is 0. The smallest absolute Gasteiger partial charge is 0.306 e. The van der Waals surface area contributed by atoms with E-state index in [1.807, 2.05) is 21.1 Å². The molecule has 0 aliphatic carbocycles. The lowest BCUT2D eigenvalue weighted by molar-refractivity contribution is -0.870. The molecule has 0 aromatic carbocycles. The zero-order chi connectivity index (χ0) is 42.8. The Bertz CT molecular complexity index is 1170. The minimum atomic E-state index is -4.63. The maximum atomic E-state index is 12.7. The molecule has 0 heterocycles. The van der Waals surface area contributed by atoms with E-state index < -0.39 is 32.5 Å². The van der Waals surface area contributed by atoms with E-state index in [9.17, 15) is 19.0 Å². The average molecular weight is 836 g/mol. The normalized spacial score (nSPS) is 14.1.